The molecule has 0 spiro atoms. The maximum absolute atomic E-state index is 12.0. The molecule has 2 aromatic carbocycles. The summed E-state index contributed by atoms with van der Waals surface area (Å²) in [5.74, 6) is 1.58. The Labute approximate surface area is 224 Å². The number of halogens is 1. The molecule has 176 valence electrons. The SMILES string of the molecule is O=C(CCC[C]1[CH][CH][CH][CH]1)Oc1ccc(Nc2ccnc3cc(Cl)ccc23)cc1.[CH]1[CH][CH][CH][CH]1.[Fe+2]. The van der Waals surface area contributed by atoms with Gasteiger partial charge < -0.3 is 10.1 Å². The third-order valence-electron chi connectivity index (χ3n) is 5.20. The second-order valence-electron chi connectivity index (χ2n) is 7.75. The summed E-state index contributed by atoms with van der Waals surface area (Å²) < 4.78 is 5.43. The van der Waals surface area contributed by atoms with Gasteiger partial charge in [-0.1, -0.05) is 11.6 Å². The summed E-state index contributed by atoms with van der Waals surface area (Å²) >= 11 is 6.05. The molecule has 10 radical (unpaired) electrons. The summed E-state index contributed by atoms with van der Waals surface area (Å²) in [4.78, 5) is 16.4. The Morgan fingerprint density at radius 2 is 1.57 bits per heavy atom. The van der Waals surface area contributed by atoms with Gasteiger partial charge in [0.15, 0.2) is 0 Å². The Kier molecular flexibility index (Phi) is 11.4. The van der Waals surface area contributed by atoms with E-state index in [4.69, 9.17) is 16.3 Å². The van der Waals surface area contributed by atoms with Gasteiger partial charge >= 0.3 is 23.0 Å². The first-order valence-corrected chi connectivity index (χ1v) is 11.5. The molecule has 1 aromatic heterocycles. The Hall–Kier alpha value is -2.07. The van der Waals surface area contributed by atoms with Crippen LogP contribution in [0.4, 0.5) is 11.4 Å². The fraction of sp³-hybridized carbons (Fsp3) is 0.103. The molecule has 0 unspecified atom stereocenters. The third kappa shape index (κ3) is 8.83. The Morgan fingerprint density at radius 1 is 0.886 bits per heavy atom. The molecule has 4 nitrogen and oxygen atoms in total. The molecule has 0 atom stereocenters. The number of carbonyl (C=O) groups is 1. The number of aromatic nitrogens is 1. The maximum atomic E-state index is 12.0. The molecule has 2 aliphatic rings. The van der Waals surface area contributed by atoms with E-state index in [2.05, 4.69) is 23.1 Å². The number of carbonyl (C=O) groups excluding carboxylic acids is 1. The van der Waals surface area contributed by atoms with Crippen LogP contribution < -0.4 is 10.1 Å². The van der Waals surface area contributed by atoms with Crippen LogP contribution in [0.15, 0.2) is 54.7 Å². The average Bonchev–Trinajstić information content (AvgIpc) is 3.58. The van der Waals surface area contributed by atoms with Crippen molar-refractivity contribution in [3.63, 3.8) is 0 Å². The van der Waals surface area contributed by atoms with E-state index in [1.807, 2.05) is 81.3 Å². The Morgan fingerprint density at radius 3 is 2.26 bits per heavy atom. The van der Waals surface area contributed by atoms with Crippen LogP contribution in [0.1, 0.15) is 19.3 Å². The van der Waals surface area contributed by atoms with Crippen molar-refractivity contribution in [2.24, 2.45) is 0 Å². The van der Waals surface area contributed by atoms with Gasteiger partial charge in [0.25, 0.3) is 0 Å². The van der Waals surface area contributed by atoms with E-state index in [9.17, 15) is 4.79 Å². The van der Waals surface area contributed by atoms with Crippen molar-refractivity contribution in [1.29, 1.82) is 0 Å². The monoisotopic (exact) mass is 524 g/mol. The summed E-state index contributed by atoms with van der Waals surface area (Å²) in [5, 5.41) is 5.01. The van der Waals surface area contributed by atoms with Crippen LogP contribution in [-0.4, -0.2) is 11.0 Å². The van der Waals surface area contributed by atoms with Gasteiger partial charge in [0, 0.05) is 34.4 Å². The van der Waals surface area contributed by atoms with E-state index in [-0.39, 0.29) is 23.0 Å². The Balaban J connectivity index is 0.000000509. The number of anilines is 2. The molecule has 0 saturated heterocycles. The molecule has 1 heterocycles. The molecule has 2 fully saturated rings. The van der Waals surface area contributed by atoms with Crippen molar-refractivity contribution in [1.82, 2.24) is 4.98 Å². The quantitative estimate of drug-likeness (QED) is 0.203. The molecule has 0 aliphatic heterocycles. The molecule has 6 heteroatoms. The van der Waals surface area contributed by atoms with Gasteiger partial charge in [-0.2, -0.15) is 0 Å². The minimum Gasteiger partial charge on any atom is -0.427 e. The van der Waals surface area contributed by atoms with E-state index >= 15 is 0 Å². The third-order valence-corrected chi connectivity index (χ3v) is 5.44. The van der Waals surface area contributed by atoms with E-state index in [1.54, 1.807) is 18.3 Å². The topological polar surface area (TPSA) is 51.2 Å². The van der Waals surface area contributed by atoms with Crippen molar-refractivity contribution < 1.29 is 26.6 Å². The smallest absolute Gasteiger partial charge is 0.427 e. The van der Waals surface area contributed by atoms with E-state index in [0.29, 0.717) is 17.2 Å². The number of nitrogens with zero attached hydrogens (tertiary/aromatic N) is 1. The molecule has 3 aromatic rings. The summed E-state index contributed by atoms with van der Waals surface area (Å²) in [5.41, 5.74) is 2.65. The van der Waals surface area contributed by atoms with Crippen molar-refractivity contribution in [3.05, 3.63) is 123 Å². The summed E-state index contributed by atoms with van der Waals surface area (Å²) in [6.45, 7) is 0. The van der Waals surface area contributed by atoms with Gasteiger partial charge in [0.05, 0.1) is 5.52 Å². The molecular weight excluding hydrogens is 500 g/mol. The summed E-state index contributed by atoms with van der Waals surface area (Å²) in [6.07, 6.45) is 22.0. The van der Waals surface area contributed by atoms with E-state index < -0.39 is 0 Å². The van der Waals surface area contributed by atoms with Gasteiger partial charge in [0.2, 0.25) is 0 Å². The van der Waals surface area contributed by atoms with Crippen LogP contribution in [0, 0.1) is 63.7 Å². The maximum Gasteiger partial charge on any atom is 2.00 e. The fourth-order valence-corrected chi connectivity index (χ4v) is 3.68. The predicted molar refractivity (Wildman–Crippen MR) is 138 cm³/mol. The van der Waals surface area contributed by atoms with Crippen LogP contribution in [0.3, 0.4) is 0 Å². The number of benzene rings is 2. The normalized spacial score (nSPS) is 15.2. The first kappa shape index (κ1) is 27.5. The van der Waals surface area contributed by atoms with Gasteiger partial charge in [-0.05, 0) is 125 Å². The van der Waals surface area contributed by atoms with Crippen LogP contribution >= 0.6 is 11.6 Å². The molecule has 0 amide bonds. The van der Waals surface area contributed by atoms with Gasteiger partial charge in [-0.25, -0.2) is 0 Å². The van der Waals surface area contributed by atoms with Crippen LogP contribution in [0.5, 0.6) is 5.75 Å². The minimum atomic E-state index is -0.214. The van der Waals surface area contributed by atoms with Crippen molar-refractivity contribution in [3.8, 4) is 5.75 Å². The number of hydrogen-bond acceptors (Lipinski definition) is 4. The van der Waals surface area contributed by atoms with E-state index in [0.717, 1.165) is 35.1 Å². The first-order chi connectivity index (χ1) is 16.7. The zero-order valence-corrected chi connectivity index (χ0v) is 20.9. The second kappa shape index (κ2) is 14.5. The second-order valence-corrected chi connectivity index (χ2v) is 8.19. The summed E-state index contributed by atoms with van der Waals surface area (Å²) in [6, 6.07) is 14.9. The van der Waals surface area contributed by atoms with Crippen LogP contribution in [0.25, 0.3) is 10.9 Å². The number of esters is 1. The van der Waals surface area contributed by atoms with Gasteiger partial charge in [0.1, 0.15) is 5.75 Å². The fourth-order valence-electron chi connectivity index (χ4n) is 3.51. The van der Waals surface area contributed by atoms with Gasteiger partial charge in [-0.3, -0.25) is 9.78 Å². The standard InChI is InChI=1S/C24H20ClN2O2.C5H5.Fe/c25-18-8-13-21-22(14-15-26-23(21)16-18)27-19-9-11-20(12-10-19)29-24(28)7-3-6-17-4-1-2-5-17;1-2-4-5-3-1;/h1-2,4-5,8-16H,3,6-7H2,(H,26,27);1-5H;/q;;+2. The van der Waals surface area contributed by atoms with Crippen molar-refractivity contribution >= 4 is 39.8 Å². The predicted octanol–water partition coefficient (Wildman–Crippen LogP) is 7.13. The molecule has 2 saturated carbocycles. The number of fused-ring (bicyclic) bond motifs is 1. The molecule has 1 N–H and O–H groups in total. The van der Waals surface area contributed by atoms with Gasteiger partial charge in [-0.15, -0.1) is 0 Å². The van der Waals surface area contributed by atoms with E-state index in [1.165, 1.54) is 5.92 Å². The summed E-state index contributed by atoms with van der Waals surface area (Å²) in [7, 11) is 0. The van der Waals surface area contributed by atoms with Crippen molar-refractivity contribution in [2.45, 2.75) is 19.3 Å². The van der Waals surface area contributed by atoms with Crippen LogP contribution in [-0.2, 0) is 21.9 Å². The van der Waals surface area contributed by atoms with Crippen molar-refractivity contribution in [2.75, 3.05) is 5.32 Å². The van der Waals surface area contributed by atoms with Crippen LogP contribution in [0.2, 0.25) is 5.02 Å². The first-order valence-electron chi connectivity index (χ1n) is 11.2. The Bertz CT molecular complexity index is 1060. The number of nitrogens with one attached hydrogen (secondary N) is 1. The average molecular weight is 525 g/mol. The number of rotatable bonds is 7. The molecule has 5 rings (SSSR count). The number of hydrogen-bond donors (Lipinski definition) is 1. The number of pyridine rings is 1. The molecule has 2 aliphatic carbocycles. The molecular formula is C29H25ClFeN2O2+2. The largest absolute Gasteiger partial charge is 2.00 e. The molecule has 0 bridgehead atoms. The zero-order valence-electron chi connectivity index (χ0n) is 19.0. The molecule has 35 heavy (non-hydrogen) atoms. The zero-order chi connectivity index (χ0) is 23.6. The number of ether oxygens (including phenoxy) is 1. The minimum absolute atomic E-state index is 0.